The molecule has 0 amide bonds. The fourth-order valence-electron chi connectivity index (χ4n) is 1.60. The largest absolute Gasteiger partial charge is 0.478 e. The van der Waals surface area contributed by atoms with Gasteiger partial charge < -0.3 is 10.4 Å². The molecule has 2 aromatic rings. The van der Waals surface area contributed by atoms with Crippen molar-refractivity contribution in [1.82, 2.24) is 0 Å². The highest BCUT2D eigenvalue weighted by Crippen LogP contribution is 2.28. The standard InChI is InChI=1S/C13H9ClN2O4/c14-11-6-8(13(17)18)4-5-12(11)15-9-2-1-3-10(7-9)16(19)20/h1-7,15H,(H,17,18). The second-order valence-electron chi connectivity index (χ2n) is 3.93. The molecule has 0 fully saturated rings. The molecule has 102 valence electrons. The molecule has 0 atom stereocenters. The highest BCUT2D eigenvalue weighted by atomic mass is 35.5. The molecule has 7 heteroatoms. The number of anilines is 2. The number of aromatic carboxylic acids is 1. The number of rotatable bonds is 4. The molecule has 0 unspecified atom stereocenters. The lowest BCUT2D eigenvalue weighted by molar-refractivity contribution is -0.384. The number of benzene rings is 2. The zero-order valence-corrected chi connectivity index (χ0v) is 10.8. The van der Waals surface area contributed by atoms with Crippen molar-refractivity contribution in [2.45, 2.75) is 0 Å². The maximum Gasteiger partial charge on any atom is 0.335 e. The van der Waals surface area contributed by atoms with Crippen LogP contribution in [0, 0.1) is 10.1 Å². The van der Waals surface area contributed by atoms with E-state index >= 15 is 0 Å². The number of nitrogens with one attached hydrogen (secondary N) is 1. The van der Waals surface area contributed by atoms with Gasteiger partial charge in [-0.2, -0.15) is 0 Å². The summed E-state index contributed by atoms with van der Waals surface area (Å²) in [7, 11) is 0. The summed E-state index contributed by atoms with van der Waals surface area (Å²) in [6.45, 7) is 0. The molecule has 0 bridgehead atoms. The van der Waals surface area contributed by atoms with Crippen molar-refractivity contribution in [3.05, 3.63) is 63.2 Å². The van der Waals surface area contributed by atoms with Crippen molar-refractivity contribution in [1.29, 1.82) is 0 Å². The third-order valence-electron chi connectivity index (χ3n) is 2.55. The molecular weight excluding hydrogens is 284 g/mol. The van der Waals surface area contributed by atoms with Crippen LogP contribution in [-0.2, 0) is 0 Å². The van der Waals surface area contributed by atoms with Crippen molar-refractivity contribution < 1.29 is 14.8 Å². The van der Waals surface area contributed by atoms with Gasteiger partial charge in [0, 0.05) is 17.8 Å². The molecule has 0 spiro atoms. The predicted molar refractivity (Wildman–Crippen MR) is 74.8 cm³/mol. The second kappa shape index (κ2) is 5.58. The molecule has 2 aromatic carbocycles. The van der Waals surface area contributed by atoms with Crippen LogP contribution in [0.15, 0.2) is 42.5 Å². The van der Waals surface area contributed by atoms with E-state index < -0.39 is 10.9 Å². The normalized spacial score (nSPS) is 10.1. The summed E-state index contributed by atoms with van der Waals surface area (Å²) >= 11 is 5.97. The smallest absolute Gasteiger partial charge is 0.335 e. The van der Waals surface area contributed by atoms with Crippen molar-refractivity contribution in [3.63, 3.8) is 0 Å². The zero-order chi connectivity index (χ0) is 14.7. The fourth-order valence-corrected chi connectivity index (χ4v) is 1.83. The van der Waals surface area contributed by atoms with E-state index in [0.29, 0.717) is 11.4 Å². The number of carbonyl (C=O) groups is 1. The Morgan fingerprint density at radius 2 is 2.00 bits per heavy atom. The highest BCUT2D eigenvalue weighted by Gasteiger charge is 2.09. The molecule has 2 N–H and O–H groups in total. The van der Waals surface area contributed by atoms with Gasteiger partial charge in [0.2, 0.25) is 0 Å². The van der Waals surface area contributed by atoms with Crippen molar-refractivity contribution in [3.8, 4) is 0 Å². The van der Waals surface area contributed by atoms with Gasteiger partial charge in [-0.3, -0.25) is 10.1 Å². The highest BCUT2D eigenvalue weighted by molar-refractivity contribution is 6.33. The molecule has 0 aliphatic heterocycles. The number of nitro benzene ring substituents is 1. The fraction of sp³-hybridized carbons (Fsp3) is 0. The second-order valence-corrected chi connectivity index (χ2v) is 4.34. The Labute approximate surface area is 118 Å². The Kier molecular flexibility index (Phi) is 3.86. The van der Waals surface area contributed by atoms with Gasteiger partial charge in [0.15, 0.2) is 0 Å². The summed E-state index contributed by atoms with van der Waals surface area (Å²) in [5, 5.41) is 22.6. The van der Waals surface area contributed by atoms with Gasteiger partial charge in [0.05, 0.1) is 21.2 Å². The first-order chi connectivity index (χ1) is 9.47. The van der Waals surface area contributed by atoms with E-state index in [1.807, 2.05) is 0 Å². The number of hydrogen-bond acceptors (Lipinski definition) is 4. The lowest BCUT2D eigenvalue weighted by Gasteiger charge is -2.08. The molecule has 0 heterocycles. The maximum atomic E-state index is 10.8. The minimum atomic E-state index is -1.08. The number of non-ortho nitro benzene ring substituents is 1. The summed E-state index contributed by atoms with van der Waals surface area (Å²) in [5.74, 6) is -1.08. The van der Waals surface area contributed by atoms with E-state index in [1.54, 1.807) is 12.1 Å². The van der Waals surface area contributed by atoms with Crippen molar-refractivity contribution >= 4 is 34.6 Å². The van der Waals surface area contributed by atoms with E-state index in [-0.39, 0.29) is 16.3 Å². The molecule has 0 saturated carbocycles. The summed E-state index contributed by atoms with van der Waals surface area (Å²) in [4.78, 5) is 21.0. The van der Waals surface area contributed by atoms with Gasteiger partial charge >= 0.3 is 5.97 Å². The summed E-state index contributed by atoms with van der Waals surface area (Å²) < 4.78 is 0. The SMILES string of the molecule is O=C(O)c1ccc(Nc2cccc([N+](=O)[O-])c2)c(Cl)c1. The molecule has 20 heavy (non-hydrogen) atoms. The van der Waals surface area contributed by atoms with Crippen LogP contribution in [0.4, 0.5) is 17.1 Å². The number of halogens is 1. The van der Waals surface area contributed by atoms with Crippen LogP contribution >= 0.6 is 11.6 Å². The predicted octanol–water partition coefficient (Wildman–Crippen LogP) is 3.69. The first-order valence-electron chi connectivity index (χ1n) is 5.51. The average Bonchev–Trinajstić information content (AvgIpc) is 2.41. The van der Waals surface area contributed by atoms with Gasteiger partial charge in [-0.15, -0.1) is 0 Å². The molecule has 2 rings (SSSR count). The molecule has 0 aromatic heterocycles. The van der Waals surface area contributed by atoms with Crippen LogP contribution in [0.3, 0.4) is 0 Å². The van der Waals surface area contributed by atoms with Crippen LogP contribution < -0.4 is 5.32 Å². The minimum Gasteiger partial charge on any atom is -0.478 e. The van der Waals surface area contributed by atoms with Crippen LogP contribution in [-0.4, -0.2) is 16.0 Å². The monoisotopic (exact) mass is 292 g/mol. The van der Waals surface area contributed by atoms with Crippen molar-refractivity contribution in [2.24, 2.45) is 0 Å². The number of nitrogens with zero attached hydrogens (tertiary/aromatic N) is 1. The Morgan fingerprint density at radius 3 is 2.60 bits per heavy atom. The lowest BCUT2D eigenvalue weighted by Crippen LogP contribution is -1.98. The third-order valence-corrected chi connectivity index (χ3v) is 2.86. The summed E-state index contributed by atoms with van der Waals surface area (Å²) in [6.07, 6.45) is 0. The van der Waals surface area contributed by atoms with Gasteiger partial charge in [-0.05, 0) is 24.3 Å². The Hall–Kier alpha value is -2.60. The van der Waals surface area contributed by atoms with Gasteiger partial charge in [0.25, 0.3) is 5.69 Å². The van der Waals surface area contributed by atoms with Crippen LogP contribution in [0.5, 0.6) is 0 Å². The van der Waals surface area contributed by atoms with E-state index in [4.69, 9.17) is 16.7 Å². The van der Waals surface area contributed by atoms with Gasteiger partial charge in [-0.1, -0.05) is 17.7 Å². The first kappa shape index (κ1) is 13.8. The summed E-state index contributed by atoms with van der Waals surface area (Å²) in [6, 6.07) is 10.1. The molecular formula is C13H9ClN2O4. The Bertz CT molecular complexity index is 688. The van der Waals surface area contributed by atoms with Gasteiger partial charge in [-0.25, -0.2) is 4.79 Å². The number of nitro groups is 1. The number of carboxylic acid groups (broad SMARTS) is 1. The molecule has 0 radical (unpaired) electrons. The topological polar surface area (TPSA) is 92.5 Å². The quantitative estimate of drug-likeness (QED) is 0.662. The molecule has 0 saturated heterocycles. The average molecular weight is 293 g/mol. The first-order valence-corrected chi connectivity index (χ1v) is 5.89. The van der Waals surface area contributed by atoms with Crippen molar-refractivity contribution in [2.75, 3.05) is 5.32 Å². The van der Waals surface area contributed by atoms with Gasteiger partial charge in [0.1, 0.15) is 0 Å². The van der Waals surface area contributed by atoms with E-state index in [0.717, 1.165) is 0 Å². The summed E-state index contributed by atoms with van der Waals surface area (Å²) in [5.41, 5.74) is 0.981. The lowest BCUT2D eigenvalue weighted by atomic mass is 10.2. The van der Waals surface area contributed by atoms with E-state index in [2.05, 4.69) is 5.32 Å². The third kappa shape index (κ3) is 3.04. The Balaban J connectivity index is 2.28. The van der Waals surface area contributed by atoms with Crippen LogP contribution in [0.2, 0.25) is 5.02 Å². The minimum absolute atomic E-state index is 0.0479. The zero-order valence-electron chi connectivity index (χ0n) is 10.0. The number of hydrogen-bond donors (Lipinski definition) is 2. The maximum absolute atomic E-state index is 10.8. The van der Waals surface area contributed by atoms with Crippen LogP contribution in [0.1, 0.15) is 10.4 Å². The Morgan fingerprint density at radius 1 is 1.25 bits per heavy atom. The molecule has 0 aliphatic carbocycles. The molecule has 0 aliphatic rings. The van der Waals surface area contributed by atoms with E-state index in [1.165, 1.54) is 30.3 Å². The number of carboxylic acids is 1. The van der Waals surface area contributed by atoms with Crippen LogP contribution in [0.25, 0.3) is 0 Å². The van der Waals surface area contributed by atoms with E-state index in [9.17, 15) is 14.9 Å². The molecule has 6 nitrogen and oxygen atoms in total.